The van der Waals surface area contributed by atoms with Gasteiger partial charge in [0.05, 0.1) is 39.6 Å². The highest BCUT2D eigenvalue weighted by atomic mass is 16.6. The number of rotatable bonds is 26. The van der Waals surface area contributed by atoms with Crippen molar-refractivity contribution in [1.82, 2.24) is 0 Å². The first-order valence-corrected chi connectivity index (χ1v) is 14.4. The molecule has 0 atom stereocenters. The number of benzene rings is 1. The lowest BCUT2D eigenvalue weighted by atomic mass is 10.0. The van der Waals surface area contributed by atoms with Crippen LogP contribution in [0.5, 0.6) is 5.75 Å². The zero-order valence-electron chi connectivity index (χ0n) is 23.1. The van der Waals surface area contributed by atoms with Crippen LogP contribution in [-0.4, -0.2) is 58.8 Å². The highest BCUT2D eigenvalue weighted by molar-refractivity contribution is 5.69. The maximum absolute atomic E-state index is 11.5. The van der Waals surface area contributed by atoms with Crippen LogP contribution in [0.15, 0.2) is 24.3 Å². The summed E-state index contributed by atoms with van der Waals surface area (Å²) in [6.07, 6.45) is 15.4. The van der Waals surface area contributed by atoms with Crippen LogP contribution in [0.3, 0.4) is 0 Å². The second kappa shape index (κ2) is 25.0. The Morgan fingerprint density at radius 3 is 1.69 bits per heavy atom. The van der Waals surface area contributed by atoms with Gasteiger partial charge in [-0.25, -0.2) is 0 Å². The molecular weight excluding hydrogens is 456 g/mol. The van der Waals surface area contributed by atoms with Crippen LogP contribution in [0.4, 0.5) is 0 Å². The van der Waals surface area contributed by atoms with E-state index in [-0.39, 0.29) is 5.97 Å². The molecule has 6 nitrogen and oxygen atoms in total. The third kappa shape index (κ3) is 20.6. The van der Waals surface area contributed by atoms with Crippen molar-refractivity contribution >= 4 is 5.97 Å². The summed E-state index contributed by atoms with van der Waals surface area (Å²) < 4.78 is 27.3. The number of ether oxygens (including phenoxy) is 5. The zero-order chi connectivity index (χ0) is 25.9. The Balaban J connectivity index is 1.85. The molecule has 0 aliphatic heterocycles. The molecule has 0 aliphatic rings. The molecule has 1 aromatic rings. The molecular formula is C30H52O6. The van der Waals surface area contributed by atoms with Crippen LogP contribution in [-0.2, 0) is 30.2 Å². The largest absolute Gasteiger partial charge is 0.491 e. The molecule has 0 heterocycles. The van der Waals surface area contributed by atoms with Gasteiger partial charge in [0.1, 0.15) is 19.0 Å². The molecule has 1 rings (SSSR count). The van der Waals surface area contributed by atoms with Gasteiger partial charge in [-0.1, -0.05) is 83.8 Å². The first-order valence-electron chi connectivity index (χ1n) is 14.4. The van der Waals surface area contributed by atoms with Crippen LogP contribution in [0.25, 0.3) is 0 Å². The predicted octanol–water partition coefficient (Wildman–Crippen LogP) is 6.92. The van der Waals surface area contributed by atoms with Crippen molar-refractivity contribution in [2.45, 2.75) is 97.3 Å². The molecule has 0 spiro atoms. The molecule has 0 saturated carbocycles. The van der Waals surface area contributed by atoms with E-state index in [1.807, 2.05) is 12.1 Å². The smallest absolute Gasteiger partial charge is 0.305 e. The summed E-state index contributed by atoms with van der Waals surface area (Å²) in [6, 6.07) is 8.44. The van der Waals surface area contributed by atoms with E-state index in [1.165, 1.54) is 63.4 Å². The van der Waals surface area contributed by atoms with E-state index in [2.05, 4.69) is 26.0 Å². The minimum atomic E-state index is -0.136. The van der Waals surface area contributed by atoms with Gasteiger partial charge in [-0.2, -0.15) is 0 Å². The number of hydrogen-bond acceptors (Lipinski definition) is 6. The molecule has 0 amide bonds. The molecule has 0 bridgehead atoms. The SMILES string of the molecule is CCCCCCCCCc1ccc(OCCOCCOCCOCCOC(=O)CCCCCC)cc1. The molecule has 0 radical (unpaired) electrons. The number of esters is 1. The summed E-state index contributed by atoms with van der Waals surface area (Å²) in [4.78, 5) is 11.5. The van der Waals surface area contributed by atoms with E-state index < -0.39 is 0 Å². The van der Waals surface area contributed by atoms with Crippen LogP contribution in [0.1, 0.15) is 96.5 Å². The lowest BCUT2D eigenvalue weighted by Crippen LogP contribution is -2.14. The fraction of sp³-hybridized carbons (Fsp3) is 0.767. The average Bonchev–Trinajstić information content (AvgIpc) is 2.89. The highest BCUT2D eigenvalue weighted by Crippen LogP contribution is 2.15. The van der Waals surface area contributed by atoms with Crippen LogP contribution in [0, 0.1) is 0 Å². The highest BCUT2D eigenvalue weighted by Gasteiger charge is 2.02. The molecule has 0 aliphatic carbocycles. The number of hydrogen-bond donors (Lipinski definition) is 0. The summed E-state index contributed by atoms with van der Waals surface area (Å²) in [5, 5.41) is 0. The van der Waals surface area contributed by atoms with E-state index in [9.17, 15) is 4.79 Å². The third-order valence-corrected chi connectivity index (χ3v) is 5.96. The summed E-state index contributed by atoms with van der Waals surface area (Å²) in [5.74, 6) is 0.750. The molecule has 6 heteroatoms. The fourth-order valence-corrected chi connectivity index (χ4v) is 3.78. The molecule has 0 saturated heterocycles. The van der Waals surface area contributed by atoms with Gasteiger partial charge in [-0.3, -0.25) is 4.79 Å². The second-order valence-corrected chi connectivity index (χ2v) is 9.23. The minimum absolute atomic E-state index is 0.136. The number of carbonyl (C=O) groups is 1. The quantitative estimate of drug-likeness (QED) is 0.0999. The predicted molar refractivity (Wildman–Crippen MR) is 146 cm³/mol. The van der Waals surface area contributed by atoms with Gasteiger partial charge in [0.25, 0.3) is 0 Å². The fourth-order valence-electron chi connectivity index (χ4n) is 3.78. The Morgan fingerprint density at radius 2 is 1.08 bits per heavy atom. The van der Waals surface area contributed by atoms with Crippen molar-refractivity contribution in [3.63, 3.8) is 0 Å². The van der Waals surface area contributed by atoms with E-state index in [1.54, 1.807) is 0 Å². The van der Waals surface area contributed by atoms with Gasteiger partial charge in [0.15, 0.2) is 0 Å². The van der Waals surface area contributed by atoms with Crippen molar-refractivity contribution in [3.8, 4) is 5.75 Å². The summed E-state index contributed by atoms with van der Waals surface area (Å²) in [7, 11) is 0. The Labute approximate surface area is 220 Å². The monoisotopic (exact) mass is 508 g/mol. The van der Waals surface area contributed by atoms with E-state index in [0.717, 1.165) is 25.0 Å². The molecule has 0 N–H and O–H groups in total. The molecule has 0 fully saturated rings. The maximum atomic E-state index is 11.5. The second-order valence-electron chi connectivity index (χ2n) is 9.23. The van der Waals surface area contributed by atoms with Crippen molar-refractivity contribution in [2.75, 3.05) is 52.9 Å². The number of carbonyl (C=O) groups excluding carboxylic acids is 1. The topological polar surface area (TPSA) is 63.2 Å². The average molecular weight is 509 g/mol. The van der Waals surface area contributed by atoms with Gasteiger partial charge in [-0.15, -0.1) is 0 Å². The standard InChI is InChI=1S/C30H52O6/c1-3-5-7-9-10-11-12-14-28-16-18-29(19-17-28)35-26-24-33-22-20-32-21-23-34-25-27-36-30(31)15-13-8-6-4-2/h16-19H,3-15,20-27H2,1-2H3. The normalized spacial score (nSPS) is 11.1. The summed E-state index contributed by atoms with van der Waals surface area (Å²) in [6.45, 7) is 8.19. The van der Waals surface area contributed by atoms with Crippen molar-refractivity contribution in [3.05, 3.63) is 29.8 Å². The first-order chi connectivity index (χ1) is 17.8. The molecule has 208 valence electrons. The summed E-state index contributed by atoms with van der Waals surface area (Å²) >= 11 is 0. The van der Waals surface area contributed by atoms with Gasteiger partial charge in [0.2, 0.25) is 0 Å². The lowest BCUT2D eigenvalue weighted by Gasteiger charge is -2.09. The summed E-state index contributed by atoms with van der Waals surface area (Å²) in [5.41, 5.74) is 1.38. The van der Waals surface area contributed by atoms with E-state index in [0.29, 0.717) is 59.3 Å². The molecule has 1 aromatic carbocycles. The van der Waals surface area contributed by atoms with Crippen LogP contribution >= 0.6 is 0 Å². The van der Waals surface area contributed by atoms with Gasteiger partial charge < -0.3 is 23.7 Å². The van der Waals surface area contributed by atoms with Crippen molar-refractivity contribution in [2.24, 2.45) is 0 Å². The Bertz CT molecular complexity index is 604. The van der Waals surface area contributed by atoms with Gasteiger partial charge in [0, 0.05) is 6.42 Å². The zero-order valence-corrected chi connectivity index (χ0v) is 23.1. The van der Waals surface area contributed by atoms with Crippen molar-refractivity contribution in [1.29, 1.82) is 0 Å². The van der Waals surface area contributed by atoms with Crippen LogP contribution < -0.4 is 4.74 Å². The minimum Gasteiger partial charge on any atom is -0.491 e. The Hall–Kier alpha value is -1.63. The Morgan fingerprint density at radius 1 is 0.583 bits per heavy atom. The Kier molecular flexibility index (Phi) is 22.5. The van der Waals surface area contributed by atoms with Crippen LogP contribution in [0.2, 0.25) is 0 Å². The molecule has 0 aromatic heterocycles. The van der Waals surface area contributed by atoms with E-state index in [4.69, 9.17) is 23.7 Å². The van der Waals surface area contributed by atoms with Gasteiger partial charge >= 0.3 is 5.97 Å². The number of aryl methyl sites for hydroxylation is 1. The van der Waals surface area contributed by atoms with Crippen molar-refractivity contribution < 1.29 is 28.5 Å². The van der Waals surface area contributed by atoms with E-state index >= 15 is 0 Å². The van der Waals surface area contributed by atoms with Gasteiger partial charge in [-0.05, 0) is 37.0 Å². The third-order valence-electron chi connectivity index (χ3n) is 5.96. The molecule has 36 heavy (non-hydrogen) atoms. The first kappa shape index (κ1) is 32.4. The maximum Gasteiger partial charge on any atom is 0.305 e. The molecule has 0 unspecified atom stereocenters. The lowest BCUT2D eigenvalue weighted by molar-refractivity contribution is -0.145. The number of unbranched alkanes of at least 4 members (excludes halogenated alkanes) is 9.